The van der Waals surface area contributed by atoms with E-state index in [-0.39, 0.29) is 18.2 Å². The predicted molar refractivity (Wildman–Crippen MR) is 118 cm³/mol. The van der Waals surface area contributed by atoms with E-state index >= 15 is 0 Å². The van der Waals surface area contributed by atoms with Crippen LogP contribution in [0.15, 0.2) is 65.9 Å². The van der Waals surface area contributed by atoms with E-state index in [0.717, 1.165) is 19.3 Å². The number of carbonyl (C=O) groups is 2. The molecular formula is C25H25FN2O3. The summed E-state index contributed by atoms with van der Waals surface area (Å²) in [5.74, 6) is -0.545. The maximum Gasteiger partial charge on any atom is 0.294 e. The number of anilines is 1. The Bertz CT molecular complexity index is 1040. The van der Waals surface area contributed by atoms with Gasteiger partial charge in [0.15, 0.2) is 11.5 Å². The molecule has 0 atom stereocenters. The van der Waals surface area contributed by atoms with Crippen LogP contribution >= 0.6 is 0 Å². The van der Waals surface area contributed by atoms with Gasteiger partial charge < -0.3 is 10.1 Å². The molecule has 1 N–H and O–H groups in total. The number of nitrogens with one attached hydrogen (secondary N) is 1. The molecule has 0 aromatic heterocycles. The minimum atomic E-state index is -0.437. The van der Waals surface area contributed by atoms with Crippen LogP contribution in [0.5, 0.6) is 5.75 Å². The molecule has 5 nitrogen and oxygen atoms in total. The average Bonchev–Trinajstić information content (AvgIpc) is 2.77. The summed E-state index contributed by atoms with van der Waals surface area (Å²) in [6.45, 7) is 0.440. The fourth-order valence-electron chi connectivity index (χ4n) is 3.86. The van der Waals surface area contributed by atoms with E-state index in [0.29, 0.717) is 23.5 Å². The Hall–Kier alpha value is -3.41. The summed E-state index contributed by atoms with van der Waals surface area (Å²) in [5, 5.41) is 2.92. The molecule has 1 aliphatic heterocycles. The third-order valence-electron chi connectivity index (χ3n) is 5.43. The number of hydrogen-bond acceptors (Lipinski definition) is 3. The van der Waals surface area contributed by atoms with Crippen LogP contribution < -0.4 is 15.0 Å². The van der Waals surface area contributed by atoms with Crippen LogP contribution in [0.1, 0.15) is 37.7 Å². The van der Waals surface area contributed by atoms with Crippen molar-refractivity contribution in [2.24, 2.45) is 0 Å². The molecule has 0 saturated heterocycles. The molecule has 6 heteroatoms. The van der Waals surface area contributed by atoms with Gasteiger partial charge >= 0.3 is 0 Å². The summed E-state index contributed by atoms with van der Waals surface area (Å²) in [6.07, 6.45) is 9.24. The van der Waals surface area contributed by atoms with Crippen molar-refractivity contribution in [3.8, 4) is 5.75 Å². The molecule has 0 saturated carbocycles. The number of ether oxygens (including phenoxy) is 1. The zero-order valence-corrected chi connectivity index (χ0v) is 17.3. The van der Waals surface area contributed by atoms with Crippen molar-refractivity contribution < 1.29 is 18.7 Å². The first kappa shape index (κ1) is 20.8. The second-order valence-electron chi connectivity index (χ2n) is 7.73. The summed E-state index contributed by atoms with van der Waals surface area (Å²) in [4.78, 5) is 27.1. The van der Waals surface area contributed by atoms with Gasteiger partial charge in [0.25, 0.3) is 5.91 Å². The highest BCUT2D eigenvalue weighted by Crippen LogP contribution is 2.35. The van der Waals surface area contributed by atoms with Crippen LogP contribution in [-0.2, 0) is 9.59 Å². The molecule has 2 aromatic rings. The lowest BCUT2D eigenvalue weighted by molar-refractivity contribution is -0.123. The summed E-state index contributed by atoms with van der Waals surface area (Å²) >= 11 is 0. The van der Waals surface area contributed by atoms with Crippen molar-refractivity contribution in [3.63, 3.8) is 0 Å². The maximum atomic E-state index is 13.5. The zero-order valence-electron chi connectivity index (χ0n) is 17.3. The van der Waals surface area contributed by atoms with E-state index in [2.05, 4.69) is 11.4 Å². The van der Waals surface area contributed by atoms with E-state index in [9.17, 15) is 14.0 Å². The van der Waals surface area contributed by atoms with Gasteiger partial charge in [-0.15, -0.1) is 0 Å². The molecule has 2 aliphatic rings. The average molecular weight is 420 g/mol. The molecule has 1 aliphatic carbocycles. The van der Waals surface area contributed by atoms with Crippen LogP contribution in [0.4, 0.5) is 10.1 Å². The zero-order chi connectivity index (χ0) is 21.6. The van der Waals surface area contributed by atoms with Crippen molar-refractivity contribution in [2.75, 3.05) is 18.0 Å². The second kappa shape index (κ2) is 9.60. The fraction of sp³-hybridized carbons (Fsp3) is 0.280. The number of nitrogens with zero attached hydrogens (tertiary/aromatic N) is 1. The molecule has 4 rings (SSSR count). The number of allylic oxidation sites excluding steroid dienone is 1. The van der Waals surface area contributed by atoms with Gasteiger partial charge in [-0.3, -0.25) is 14.5 Å². The van der Waals surface area contributed by atoms with Gasteiger partial charge in [-0.1, -0.05) is 35.9 Å². The number of hydrogen-bond donors (Lipinski definition) is 1. The van der Waals surface area contributed by atoms with Crippen LogP contribution in [0, 0.1) is 5.82 Å². The Morgan fingerprint density at radius 3 is 2.84 bits per heavy atom. The van der Waals surface area contributed by atoms with Gasteiger partial charge in [-0.25, -0.2) is 4.39 Å². The Morgan fingerprint density at radius 2 is 2.03 bits per heavy atom. The number of fused-ring (bicyclic) bond motifs is 1. The predicted octanol–water partition coefficient (Wildman–Crippen LogP) is 4.60. The highest BCUT2D eigenvalue weighted by atomic mass is 19.1. The molecule has 0 spiro atoms. The maximum absolute atomic E-state index is 13.5. The summed E-state index contributed by atoms with van der Waals surface area (Å²) in [5.41, 5.74) is 2.43. The van der Waals surface area contributed by atoms with Crippen molar-refractivity contribution in [1.29, 1.82) is 0 Å². The molecule has 0 bridgehead atoms. The van der Waals surface area contributed by atoms with Crippen molar-refractivity contribution >= 4 is 23.6 Å². The Kier molecular flexibility index (Phi) is 6.46. The molecule has 0 unspecified atom stereocenters. The van der Waals surface area contributed by atoms with Crippen LogP contribution in [0.2, 0.25) is 0 Å². The smallest absolute Gasteiger partial charge is 0.294 e. The summed E-state index contributed by atoms with van der Waals surface area (Å²) in [6, 6.07) is 13.0. The lowest BCUT2D eigenvalue weighted by atomic mass is 9.97. The first-order chi connectivity index (χ1) is 15.1. The van der Waals surface area contributed by atoms with Gasteiger partial charge in [0.05, 0.1) is 5.69 Å². The van der Waals surface area contributed by atoms with Crippen molar-refractivity contribution in [3.05, 3.63) is 77.3 Å². The molecule has 2 amide bonds. The fourth-order valence-corrected chi connectivity index (χ4v) is 3.86. The highest BCUT2D eigenvalue weighted by Gasteiger charge is 2.31. The number of rotatable bonds is 6. The molecular weight excluding hydrogens is 395 g/mol. The van der Waals surface area contributed by atoms with Crippen LogP contribution in [-0.4, -0.2) is 24.9 Å². The topological polar surface area (TPSA) is 58.6 Å². The van der Waals surface area contributed by atoms with Crippen LogP contribution in [0.25, 0.3) is 6.08 Å². The Balaban J connectivity index is 1.48. The summed E-state index contributed by atoms with van der Waals surface area (Å²) < 4.78 is 19.3. The largest absolute Gasteiger partial charge is 0.449 e. The molecule has 0 fully saturated rings. The first-order valence-corrected chi connectivity index (χ1v) is 10.6. The molecule has 160 valence electrons. The molecule has 31 heavy (non-hydrogen) atoms. The Morgan fingerprint density at radius 1 is 1.16 bits per heavy atom. The van der Waals surface area contributed by atoms with Gasteiger partial charge in [-0.2, -0.15) is 0 Å². The SMILES string of the molecule is O=C(CN1C(=O)/C(=C\c2cccc(F)c2)Oc2ccccc21)NCCC1=CCCCC1. The number of carbonyl (C=O) groups excluding carboxylic acids is 2. The van der Waals surface area contributed by atoms with Gasteiger partial charge in [0.2, 0.25) is 5.91 Å². The number of amides is 2. The number of benzene rings is 2. The van der Waals surface area contributed by atoms with Gasteiger partial charge in [-0.05, 0) is 68.0 Å². The van der Waals surface area contributed by atoms with E-state index in [1.807, 2.05) is 0 Å². The second-order valence-corrected chi connectivity index (χ2v) is 7.73. The standard InChI is InChI=1S/C25H25FN2O3/c26-20-10-6-9-19(15-20)16-23-25(30)28(21-11-4-5-12-22(21)31-23)17-24(29)27-14-13-18-7-2-1-3-8-18/h4-7,9-12,15-16H,1-3,8,13-14,17H2,(H,27,29)/b23-16+. The quantitative estimate of drug-likeness (QED) is 0.549. The summed E-state index contributed by atoms with van der Waals surface area (Å²) in [7, 11) is 0. The highest BCUT2D eigenvalue weighted by molar-refractivity contribution is 6.12. The van der Waals surface area contributed by atoms with E-state index in [1.54, 1.807) is 36.4 Å². The minimum absolute atomic E-state index is 0.0458. The van der Waals surface area contributed by atoms with Gasteiger partial charge in [0.1, 0.15) is 12.4 Å². The number of para-hydroxylation sites is 2. The van der Waals surface area contributed by atoms with Crippen molar-refractivity contribution in [2.45, 2.75) is 32.1 Å². The third kappa shape index (κ3) is 5.20. The molecule has 1 heterocycles. The van der Waals surface area contributed by atoms with Crippen molar-refractivity contribution in [1.82, 2.24) is 5.32 Å². The number of halogens is 1. The lowest BCUT2D eigenvalue weighted by Gasteiger charge is -2.30. The monoisotopic (exact) mass is 420 g/mol. The van der Waals surface area contributed by atoms with E-state index in [4.69, 9.17) is 4.74 Å². The molecule has 2 aromatic carbocycles. The van der Waals surface area contributed by atoms with Gasteiger partial charge in [0, 0.05) is 6.54 Å². The first-order valence-electron chi connectivity index (χ1n) is 10.6. The molecule has 0 radical (unpaired) electrons. The van der Waals surface area contributed by atoms with Crippen LogP contribution in [0.3, 0.4) is 0 Å². The minimum Gasteiger partial charge on any atom is -0.449 e. The third-order valence-corrected chi connectivity index (χ3v) is 5.43. The normalized spacial score (nSPS) is 17.1. The lowest BCUT2D eigenvalue weighted by Crippen LogP contribution is -2.44. The van der Waals surface area contributed by atoms with E-state index < -0.39 is 11.7 Å². The Labute approximate surface area is 181 Å². The van der Waals surface area contributed by atoms with E-state index in [1.165, 1.54) is 41.5 Å².